The Morgan fingerprint density at radius 1 is 1.53 bits per heavy atom. The minimum absolute atomic E-state index is 0.526. The van der Waals surface area contributed by atoms with Crippen LogP contribution < -0.4 is 4.90 Å². The molecule has 0 unspecified atom stereocenters. The molecule has 1 aliphatic heterocycles. The Balaban J connectivity index is 2.09. The number of nitrogens with zero attached hydrogens (tertiary/aromatic N) is 2. The lowest BCUT2D eigenvalue weighted by Gasteiger charge is -2.48. The molecule has 2 rings (SSSR count). The molecule has 0 saturated carbocycles. The van der Waals surface area contributed by atoms with Gasteiger partial charge in [-0.2, -0.15) is 5.26 Å². The molecule has 1 aromatic rings. The van der Waals surface area contributed by atoms with Crippen LogP contribution in [0.1, 0.15) is 25.3 Å². The molecule has 1 heterocycles. The molecule has 1 aromatic carbocycles. The SMILES string of the molecule is CCCC1(O)CN(c2ccc(C#N)cc2Br)C1. The van der Waals surface area contributed by atoms with Crippen LogP contribution in [0, 0.1) is 11.3 Å². The first-order chi connectivity index (χ1) is 8.08. The van der Waals surface area contributed by atoms with Crippen LogP contribution in [-0.4, -0.2) is 23.8 Å². The molecule has 0 atom stereocenters. The predicted octanol–water partition coefficient (Wildman–Crippen LogP) is 2.67. The zero-order chi connectivity index (χ0) is 12.5. The number of halogens is 1. The quantitative estimate of drug-likeness (QED) is 0.932. The van der Waals surface area contributed by atoms with Gasteiger partial charge in [-0.25, -0.2) is 0 Å². The average molecular weight is 295 g/mol. The van der Waals surface area contributed by atoms with Gasteiger partial charge in [0.15, 0.2) is 0 Å². The zero-order valence-electron chi connectivity index (χ0n) is 9.78. The van der Waals surface area contributed by atoms with E-state index in [1.165, 1.54) is 0 Å². The van der Waals surface area contributed by atoms with Crippen molar-refractivity contribution in [1.82, 2.24) is 0 Å². The maximum atomic E-state index is 10.1. The molecular formula is C13H15BrN2O. The number of hydrogen-bond donors (Lipinski definition) is 1. The van der Waals surface area contributed by atoms with Gasteiger partial charge in [0, 0.05) is 17.6 Å². The van der Waals surface area contributed by atoms with Crippen LogP contribution in [0.15, 0.2) is 22.7 Å². The Hall–Kier alpha value is -1.05. The Labute approximate surface area is 110 Å². The van der Waals surface area contributed by atoms with Crippen LogP contribution in [0.25, 0.3) is 0 Å². The van der Waals surface area contributed by atoms with E-state index in [0.29, 0.717) is 18.7 Å². The average Bonchev–Trinajstić information content (AvgIpc) is 2.26. The molecule has 4 heteroatoms. The van der Waals surface area contributed by atoms with E-state index in [4.69, 9.17) is 5.26 Å². The summed E-state index contributed by atoms with van der Waals surface area (Å²) in [5.74, 6) is 0. The first kappa shape index (κ1) is 12.4. The smallest absolute Gasteiger partial charge is 0.0995 e. The lowest BCUT2D eigenvalue weighted by atomic mass is 9.89. The monoisotopic (exact) mass is 294 g/mol. The highest BCUT2D eigenvalue weighted by Crippen LogP contribution is 2.35. The number of anilines is 1. The van der Waals surface area contributed by atoms with Crippen LogP contribution in [0.3, 0.4) is 0 Å². The molecule has 3 nitrogen and oxygen atoms in total. The largest absolute Gasteiger partial charge is 0.386 e. The second-order valence-electron chi connectivity index (χ2n) is 4.61. The van der Waals surface area contributed by atoms with Gasteiger partial charge in [0.25, 0.3) is 0 Å². The Bertz CT molecular complexity index is 461. The van der Waals surface area contributed by atoms with Crippen molar-refractivity contribution in [3.8, 4) is 6.07 Å². The molecule has 1 N–H and O–H groups in total. The second kappa shape index (κ2) is 4.67. The summed E-state index contributed by atoms with van der Waals surface area (Å²) in [5.41, 5.74) is 1.16. The Kier molecular flexibility index (Phi) is 3.41. The van der Waals surface area contributed by atoms with Gasteiger partial charge in [-0.1, -0.05) is 13.3 Å². The molecule has 90 valence electrons. The number of β-amino-alcohol motifs (C(OH)–C–C–N with tert-alkyl or cyclic N) is 1. The number of benzene rings is 1. The Morgan fingerprint density at radius 3 is 2.76 bits per heavy atom. The van der Waals surface area contributed by atoms with Gasteiger partial charge in [0.05, 0.1) is 22.9 Å². The van der Waals surface area contributed by atoms with Gasteiger partial charge in [-0.15, -0.1) is 0 Å². The summed E-state index contributed by atoms with van der Waals surface area (Å²) in [5, 5.41) is 18.9. The van der Waals surface area contributed by atoms with Crippen LogP contribution in [0.2, 0.25) is 0 Å². The van der Waals surface area contributed by atoms with Crippen LogP contribution in [0.4, 0.5) is 5.69 Å². The van der Waals surface area contributed by atoms with Crippen LogP contribution in [0.5, 0.6) is 0 Å². The van der Waals surface area contributed by atoms with E-state index in [1.54, 1.807) is 6.07 Å². The molecule has 0 bridgehead atoms. The number of nitriles is 1. The summed E-state index contributed by atoms with van der Waals surface area (Å²) in [4.78, 5) is 2.13. The van der Waals surface area contributed by atoms with Crippen LogP contribution >= 0.6 is 15.9 Å². The lowest BCUT2D eigenvalue weighted by molar-refractivity contribution is 0.00333. The van der Waals surface area contributed by atoms with Crippen molar-refractivity contribution in [3.05, 3.63) is 28.2 Å². The van der Waals surface area contributed by atoms with Crippen molar-refractivity contribution in [2.45, 2.75) is 25.4 Å². The first-order valence-electron chi connectivity index (χ1n) is 5.75. The zero-order valence-corrected chi connectivity index (χ0v) is 11.4. The molecule has 1 fully saturated rings. The van der Waals surface area contributed by atoms with Crippen molar-refractivity contribution in [1.29, 1.82) is 5.26 Å². The van der Waals surface area contributed by atoms with E-state index >= 15 is 0 Å². The van der Waals surface area contributed by atoms with Gasteiger partial charge in [-0.05, 0) is 40.5 Å². The molecule has 0 aromatic heterocycles. The summed E-state index contributed by atoms with van der Waals surface area (Å²) >= 11 is 3.47. The van der Waals surface area contributed by atoms with E-state index in [0.717, 1.165) is 23.0 Å². The molecule has 0 aliphatic carbocycles. The van der Waals surface area contributed by atoms with Crippen LogP contribution in [-0.2, 0) is 0 Å². The fraction of sp³-hybridized carbons (Fsp3) is 0.462. The fourth-order valence-electron chi connectivity index (χ4n) is 2.29. The molecule has 17 heavy (non-hydrogen) atoms. The topological polar surface area (TPSA) is 47.3 Å². The molecule has 0 amide bonds. The highest BCUT2D eigenvalue weighted by molar-refractivity contribution is 9.10. The molecule has 0 radical (unpaired) electrons. The highest BCUT2D eigenvalue weighted by Gasteiger charge is 2.40. The maximum Gasteiger partial charge on any atom is 0.0995 e. The standard InChI is InChI=1S/C13H15BrN2O/c1-2-5-13(17)8-16(9-13)12-4-3-10(7-15)6-11(12)14/h3-4,6,17H,2,5,8-9H2,1H3. The maximum absolute atomic E-state index is 10.1. The lowest BCUT2D eigenvalue weighted by Crippen LogP contribution is -2.62. The van der Waals surface area contributed by atoms with E-state index in [2.05, 4.69) is 33.8 Å². The minimum Gasteiger partial charge on any atom is -0.386 e. The Morgan fingerprint density at radius 2 is 2.24 bits per heavy atom. The van der Waals surface area contributed by atoms with Gasteiger partial charge < -0.3 is 10.0 Å². The van der Waals surface area contributed by atoms with Crippen molar-refractivity contribution >= 4 is 21.6 Å². The predicted molar refractivity (Wildman–Crippen MR) is 70.9 cm³/mol. The van der Waals surface area contributed by atoms with E-state index < -0.39 is 5.60 Å². The third kappa shape index (κ3) is 2.46. The summed E-state index contributed by atoms with van der Waals surface area (Å²) in [7, 11) is 0. The highest BCUT2D eigenvalue weighted by atomic mass is 79.9. The summed E-state index contributed by atoms with van der Waals surface area (Å²) in [6, 6.07) is 7.65. The summed E-state index contributed by atoms with van der Waals surface area (Å²) in [6.45, 7) is 3.43. The molecule has 1 saturated heterocycles. The first-order valence-corrected chi connectivity index (χ1v) is 6.54. The normalized spacial score (nSPS) is 17.4. The minimum atomic E-state index is -0.526. The molecule has 0 spiro atoms. The van der Waals surface area contributed by atoms with Gasteiger partial charge in [-0.3, -0.25) is 0 Å². The molecular weight excluding hydrogens is 280 g/mol. The second-order valence-corrected chi connectivity index (χ2v) is 5.46. The van der Waals surface area contributed by atoms with Crippen molar-refractivity contribution < 1.29 is 5.11 Å². The number of rotatable bonds is 3. The number of aliphatic hydroxyl groups is 1. The van der Waals surface area contributed by atoms with E-state index in [9.17, 15) is 5.11 Å². The number of hydrogen-bond acceptors (Lipinski definition) is 3. The summed E-state index contributed by atoms with van der Waals surface area (Å²) in [6.07, 6.45) is 1.84. The fourth-order valence-corrected chi connectivity index (χ4v) is 2.92. The third-order valence-corrected chi connectivity index (χ3v) is 3.74. The third-order valence-electron chi connectivity index (χ3n) is 3.10. The van der Waals surface area contributed by atoms with Gasteiger partial charge >= 0.3 is 0 Å². The van der Waals surface area contributed by atoms with Gasteiger partial charge in [0.2, 0.25) is 0 Å². The summed E-state index contributed by atoms with van der Waals surface area (Å²) < 4.78 is 0.912. The molecule has 1 aliphatic rings. The van der Waals surface area contributed by atoms with Gasteiger partial charge in [0.1, 0.15) is 0 Å². The van der Waals surface area contributed by atoms with Crippen molar-refractivity contribution in [2.24, 2.45) is 0 Å². The van der Waals surface area contributed by atoms with Crippen molar-refractivity contribution in [3.63, 3.8) is 0 Å². The van der Waals surface area contributed by atoms with E-state index in [-0.39, 0.29) is 0 Å². The van der Waals surface area contributed by atoms with E-state index in [1.807, 2.05) is 12.1 Å². The van der Waals surface area contributed by atoms with Crippen molar-refractivity contribution in [2.75, 3.05) is 18.0 Å².